The molecule has 0 bridgehead atoms. The lowest BCUT2D eigenvalue weighted by Gasteiger charge is -2.12. The molecule has 0 aliphatic rings. The van der Waals surface area contributed by atoms with Gasteiger partial charge in [-0.25, -0.2) is 4.98 Å². The number of nitrogens with zero attached hydrogens (tertiary/aromatic N) is 2. The van der Waals surface area contributed by atoms with Gasteiger partial charge in [0.15, 0.2) is 0 Å². The highest BCUT2D eigenvalue weighted by Crippen LogP contribution is 2.29. The Morgan fingerprint density at radius 2 is 2.05 bits per heavy atom. The number of nitrogen functional groups attached to an aromatic ring is 1. The van der Waals surface area contributed by atoms with Gasteiger partial charge in [-0.15, -0.1) is 0 Å². The van der Waals surface area contributed by atoms with Crippen LogP contribution in [0.3, 0.4) is 0 Å². The molecule has 0 spiro atoms. The van der Waals surface area contributed by atoms with E-state index >= 15 is 0 Å². The molecule has 0 saturated carbocycles. The summed E-state index contributed by atoms with van der Waals surface area (Å²) in [5.74, 6) is 0.472. The van der Waals surface area contributed by atoms with Crippen LogP contribution in [0.4, 0.5) is 5.95 Å². The van der Waals surface area contributed by atoms with Crippen LogP contribution in [0.5, 0.6) is 0 Å². The minimum absolute atomic E-state index is 0.472. The van der Waals surface area contributed by atoms with Crippen LogP contribution in [0.15, 0.2) is 40.9 Å². The summed E-state index contributed by atoms with van der Waals surface area (Å²) in [5.41, 5.74) is 10.1. The highest BCUT2D eigenvalue weighted by atomic mass is 79.9. The van der Waals surface area contributed by atoms with E-state index < -0.39 is 0 Å². The van der Waals surface area contributed by atoms with Crippen molar-refractivity contribution in [3.05, 3.63) is 51.5 Å². The van der Waals surface area contributed by atoms with E-state index in [9.17, 15) is 0 Å². The van der Waals surface area contributed by atoms with Crippen LogP contribution in [-0.2, 0) is 6.42 Å². The number of nitrogens with two attached hydrogens (primary N) is 1. The summed E-state index contributed by atoms with van der Waals surface area (Å²) >= 11 is 9.51. The summed E-state index contributed by atoms with van der Waals surface area (Å²) in [6.45, 7) is 2.12. The second-order valence-electron chi connectivity index (χ2n) is 4.57. The minimum atomic E-state index is 0.472. The Kier molecular flexibility index (Phi) is 3.44. The number of imidazole rings is 1. The van der Waals surface area contributed by atoms with Gasteiger partial charge in [0.25, 0.3) is 0 Å². The zero-order chi connectivity index (χ0) is 14.3. The first-order chi connectivity index (χ1) is 9.60. The predicted molar refractivity (Wildman–Crippen MR) is 87.6 cm³/mol. The van der Waals surface area contributed by atoms with Gasteiger partial charge in [-0.3, -0.25) is 4.57 Å². The number of aromatic nitrogens is 2. The Hall–Kier alpha value is -1.52. The minimum Gasteiger partial charge on any atom is -0.369 e. The van der Waals surface area contributed by atoms with Crippen molar-refractivity contribution in [2.24, 2.45) is 0 Å². The third-order valence-corrected chi connectivity index (χ3v) is 4.03. The van der Waals surface area contributed by atoms with Crippen LogP contribution in [-0.4, -0.2) is 9.55 Å². The summed E-state index contributed by atoms with van der Waals surface area (Å²) in [6.07, 6.45) is 0.918. The van der Waals surface area contributed by atoms with E-state index in [0.29, 0.717) is 11.0 Å². The Labute approximate surface area is 130 Å². The number of rotatable bonds is 2. The lowest BCUT2D eigenvalue weighted by Crippen LogP contribution is -2.03. The largest absolute Gasteiger partial charge is 0.369 e. The fraction of sp³-hybridized carbons (Fsp3) is 0.133. The molecule has 102 valence electrons. The Balaban J connectivity index is 2.32. The van der Waals surface area contributed by atoms with Crippen molar-refractivity contribution >= 4 is 44.5 Å². The summed E-state index contributed by atoms with van der Waals surface area (Å²) < 4.78 is 3.03. The number of hydrogen-bond donors (Lipinski definition) is 1. The molecule has 1 heterocycles. The molecule has 5 heteroatoms. The molecule has 0 radical (unpaired) electrons. The van der Waals surface area contributed by atoms with Crippen molar-refractivity contribution in [2.75, 3.05) is 5.73 Å². The lowest BCUT2D eigenvalue weighted by atomic mass is 10.1. The van der Waals surface area contributed by atoms with Gasteiger partial charge in [0.2, 0.25) is 5.95 Å². The van der Waals surface area contributed by atoms with Crippen LogP contribution in [0, 0.1) is 0 Å². The molecule has 0 amide bonds. The van der Waals surface area contributed by atoms with Gasteiger partial charge >= 0.3 is 0 Å². The van der Waals surface area contributed by atoms with Crippen LogP contribution >= 0.6 is 27.5 Å². The first-order valence-corrected chi connectivity index (χ1v) is 7.49. The Morgan fingerprint density at radius 3 is 2.80 bits per heavy atom. The van der Waals surface area contributed by atoms with Crippen molar-refractivity contribution < 1.29 is 0 Å². The average molecular weight is 351 g/mol. The quantitative estimate of drug-likeness (QED) is 0.735. The maximum atomic E-state index is 6.09. The zero-order valence-corrected chi connectivity index (χ0v) is 13.2. The smallest absolute Gasteiger partial charge is 0.205 e. The van der Waals surface area contributed by atoms with Crippen LogP contribution < -0.4 is 5.73 Å². The summed E-state index contributed by atoms with van der Waals surface area (Å²) in [5, 5.41) is 0.661. The average Bonchev–Trinajstić information content (AvgIpc) is 2.73. The molecule has 3 nitrogen and oxygen atoms in total. The maximum Gasteiger partial charge on any atom is 0.205 e. The van der Waals surface area contributed by atoms with Crippen LogP contribution in [0.1, 0.15) is 12.5 Å². The lowest BCUT2D eigenvalue weighted by molar-refractivity contribution is 1.04. The third-order valence-electron chi connectivity index (χ3n) is 3.31. The number of fused-ring (bicyclic) bond motifs is 1. The van der Waals surface area contributed by atoms with Gasteiger partial charge in [-0.1, -0.05) is 34.5 Å². The molecule has 0 aliphatic heterocycles. The molecular weight excluding hydrogens is 338 g/mol. The number of hydrogen-bond acceptors (Lipinski definition) is 2. The van der Waals surface area contributed by atoms with Gasteiger partial charge in [0, 0.05) is 9.50 Å². The molecule has 2 aromatic carbocycles. The molecule has 0 aliphatic carbocycles. The third kappa shape index (κ3) is 2.19. The van der Waals surface area contributed by atoms with Crippen molar-refractivity contribution in [3.63, 3.8) is 0 Å². The Bertz CT molecular complexity index is 795. The molecule has 3 rings (SSSR count). The molecule has 0 fully saturated rings. The van der Waals surface area contributed by atoms with Gasteiger partial charge in [0.1, 0.15) is 0 Å². The standard InChI is InChI=1S/C15H13BrClN3/c1-2-9-7-10(16)3-5-13(9)20-14-6-4-11(17)8-12(14)19-15(20)18/h3-8H,2H2,1H3,(H2,18,19). The second-order valence-corrected chi connectivity index (χ2v) is 5.92. The maximum absolute atomic E-state index is 6.09. The van der Waals surface area contributed by atoms with Crippen molar-refractivity contribution in [2.45, 2.75) is 13.3 Å². The predicted octanol–water partition coefficient (Wildman–Crippen LogP) is 4.59. The second kappa shape index (κ2) is 5.11. The fourth-order valence-corrected chi connectivity index (χ4v) is 2.96. The summed E-state index contributed by atoms with van der Waals surface area (Å²) in [7, 11) is 0. The van der Waals surface area contributed by atoms with E-state index in [0.717, 1.165) is 27.6 Å². The topological polar surface area (TPSA) is 43.8 Å². The molecule has 2 N–H and O–H groups in total. The first kappa shape index (κ1) is 13.5. The normalized spacial score (nSPS) is 11.2. The number of anilines is 1. The number of halogens is 2. The molecule has 20 heavy (non-hydrogen) atoms. The molecule has 0 unspecified atom stereocenters. The Morgan fingerprint density at radius 1 is 1.25 bits per heavy atom. The van der Waals surface area contributed by atoms with E-state index in [2.05, 4.69) is 40.0 Å². The number of benzene rings is 2. The molecular formula is C15H13BrClN3. The summed E-state index contributed by atoms with van der Waals surface area (Å²) in [6, 6.07) is 11.8. The highest BCUT2D eigenvalue weighted by Gasteiger charge is 2.13. The van der Waals surface area contributed by atoms with E-state index in [1.165, 1.54) is 5.56 Å². The van der Waals surface area contributed by atoms with Crippen molar-refractivity contribution in [1.82, 2.24) is 9.55 Å². The van der Waals surface area contributed by atoms with Crippen molar-refractivity contribution in [1.29, 1.82) is 0 Å². The fourth-order valence-electron chi connectivity index (χ4n) is 2.38. The zero-order valence-electron chi connectivity index (χ0n) is 10.9. The number of aryl methyl sites for hydroxylation is 1. The monoisotopic (exact) mass is 349 g/mol. The van der Waals surface area contributed by atoms with Gasteiger partial charge in [-0.05, 0) is 48.4 Å². The van der Waals surface area contributed by atoms with E-state index in [1.807, 2.05) is 28.8 Å². The van der Waals surface area contributed by atoms with Crippen LogP contribution in [0.2, 0.25) is 5.02 Å². The summed E-state index contributed by atoms with van der Waals surface area (Å²) in [4.78, 5) is 4.39. The SMILES string of the molecule is CCc1cc(Br)ccc1-n1c(N)nc2cc(Cl)ccc21. The van der Waals surface area contributed by atoms with Gasteiger partial charge in [-0.2, -0.15) is 0 Å². The first-order valence-electron chi connectivity index (χ1n) is 6.32. The van der Waals surface area contributed by atoms with E-state index in [4.69, 9.17) is 17.3 Å². The van der Waals surface area contributed by atoms with Crippen LogP contribution in [0.25, 0.3) is 16.7 Å². The molecule has 3 aromatic rings. The van der Waals surface area contributed by atoms with E-state index in [1.54, 1.807) is 0 Å². The van der Waals surface area contributed by atoms with Gasteiger partial charge < -0.3 is 5.73 Å². The van der Waals surface area contributed by atoms with E-state index in [-0.39, 0.29) is 0 Å². The highest BCUT2D eigenvalue weighted by molar-refractivity contribution is 9.10. The molecule has 1 aromatic heterocycles. The molecule has 0 atom stereocenters. The van der Waals surface area contributed by atoms with Crippen molar-refractivity contribution in [3.8, 4) is 5.69 Å². The van der Waals surface area contributed by atoms with Gasteiger partial charge in [0.05, 0.1) is 16.7 Å². The molecule has 0 saturated heterocycles.